The quantitative estimate of drug-likeness (QED) is 0.811. The van der Waals surface area contributed by atoms with Crippen molar-refractivity contribution in [1.29, 1.82) is 0 Å². The molecular formula is C16H17BrN2O. The van der Waals surface area contributed by atoms with Crippen LogP contribution in [0.3, 0.4) is 0 Å². The molecule has 5 atom stereocenters. The fourth-order valence-corrected chi connectivity index (χ4v) is 6.22. The first kappa shape index (κ1) is 11.6. The molecule has 3 aliphatic carbocycles. The number of rotatable bonds is 2. The van der Waals surface area contributed by atoms with Crippen molar-refractivity contribution in [2.24, 2.45) is 29.6 Å². The lowest BCUT2D eigenvalue weighted by Crippen LogP contribution is -2.03. The second-order valence-electron chi connectivity index (χ2n) is 6.85. The molecule has 5 unspecified atom stereocenters. The Kier molecular flexibility index (Phi) is 2.20. The second-order valence-corrected chi connectivity index (χ2v) is 7.84. The number of nitrogens with one attached hydrogen (secondary N) is 2. The molecule has 2 aromatic rings. The summed E-state index contributed by atoms with van der Waals surface area (Å²) in [6.45, 7) is 0. The lowest BCUT2D eigenvalue weighted by molar-refractivity contribution is 0.456. The zero-order valence-electron chi connectivity index (χ0n) is 11.1. The highest BCUT2D eigenvalue weighted by Crippen LogP contribution is 2.73. The topological polar surface area (TPSA) is 48.6 Å². The van der Waals surface area contributed by atoms with Gasteiger partial charge in [0.05, 0.1) is 11.0 Å². The van der Waals surface area contributed by atoms with Crippen LogP contribution in [0.25, 0.3) is 11.0 Å². The summed E-state index contributed by atoms with van der Waals surface area (Å²) in [5.74, 6) is 4.78. The van der Waals surface area contributed by atoms with E-state index in [1.807, 2.05) is 6.07 Å². The highest BCUT2D eigenvalue weighted by Gasteiger charge is 2.66. The van der Waals surface area contributed by atoms with Crippen LogP contribution in [0.2, 0.25) is 0 Å². The summed E-state index contributed by atoms with van der Waals surface area (Å²) in [5.41, 5.74) is 3.01. The first-order chi connectivity index (χ1) is 9.72. The van der Waals surface area contributed by atoms with Gasteiger partial charge in [0, 0.05) is 4.83 Å². The third kappa shape index (κ3) is 1.43. The Morgan fingerprint density at radius 1 is 1.10 bits per heavy atom. The fourth-order valence-electron chi connectivity index (χ4n) is 5.23. The van der Waals surface area contributed by atoms with Gasteiger partial charge >= 0.3 is 5.69 Å². The number of benzene rings is 1. The lowest BCUT2D eigenvalue weighted by atomic mass is 9.97. The summed E-state index contributed by atoms with van der Waals surface area (Å²) < 4.78 is 0. The summed E-state index contributed by atoms with van der Waals surface area (Å²) in [7, 11) is 0. The number of imidazole rings is 1. The van der Waals surface area contributed by atoms with E-state index < -0.39 is 0 Å². The van der Waals surface area contributed by atoms with Gasteiger partial charge in [0.15, 0.2) is 0 Å². The van der Waals surface area contributed by atoms with Crippen molar-refractivity contribution < 1.29 is 0 Å². The second kappa shape index (κ2) is 3.79. The molecule has 1 aromatic heterocycles. The van der Waals surface area contributed by atoms with Crippen molar-refractivity contribution in [1.82, 2.24) is 9.97 Å². The maximum atomic E-state index is 11.3. The van der Waals surface area contributed by atoms with E-state index in [-0.39, 0.29) is 5.69 Å². The number of halogens is 1. The Morgan fingerprint density at radius 2 is 1.80 bits per heavy atom. The van der Waals surface area contributed by atoms with Crippen LogP contribution in [0.5, 0.6) is 0 Å². The van der Waals surface area contributed by atoms with Gasteiger partial charge in [-0.05, 0) is 66.5 Å². The molecule has 2 N–H and O–H groups in total. The molecule has 1 heterocycles. The molecule has 0 radical (unpaired) electrons. The molecule has 3 saturated carbocycles. The maximum Gasteiger partial charge on any atom is 0.323 e. The number of aromatic amines is 2. The number of alkyl halides is 1. The van der Waals surface area contributed by atoms with Gasteiger partial charge in [0.25, 0.3) is 0 Å². The molecule has 3 nitrogen and oxygen atoms in total. The van der Waals surface area contributed by atoms with Crippen molar-refractivity contribution in [3.63, 3.8) is 0 Å². The van der Waals surface area contributed by atoms with Gasteiger partial charge in [0.2, 0.25) is 0 Å². The van der Waals surface area contributed by atoms with Gasteiger partial charge in [0.1, 0.15) is 0 Å². The van der Waals surface area contributed by atoms with E-state index in [9.17, 15) is 4.79 Å². The van der Waals surface area contributed by atoms with E-state index in [4.69, 9.17) is 0 Å². The third-order valence-electron chi connectivity index (χ3n) is 5.99. The van der Waals surface area contributed by atoms with E-state index in [2.05, 4.69) is 38.0 Å². The first-order valence-electron chi connectivity index (χ1n) is 7.58. The number of hydrogen-bond acceptors (Lipinski definition) is 1. The van der Waals surface area contributed by atoms with Gasteiger partial charge in [-0.15, -0.1) is 0 Å². The minimum Gasteiger partial charge on any atom is -0.306 e. The monoisotopic (exact) mass is 332 g/mol. The predicted octanol–water partition coefficient (Wildman–Crippen LogP) is 3.58. The van der Waals surface area contributed by atoms with E-state index in [1.165, 1.54) is 24.8 Å². The van der Waals surface area contributed by atoms with Crippen molar-refractivity contribution >= 4 is 27.0 Å². The van der Waals surface area contributed by atoms with Crippen LogP contribution in [0.1, 0.15) is 29.7 Å². The zero-order valence-corrected chi connectivity index (χ0v) is 12.7. The number of fused-ring (bicyclic) bond motifs is 6. The molecule has 3 fully saturated rings. The predicted molar refractivity (Wildman–Crippen MR) is 81.9 cm³/mol. The van der Waals surface area contributed by atoms with Crippen LogP contribution in [0.4, 0.5) is 0 Å². The molecule has 4 heteroatoms. The van der Waals surface area contributed by atoms with Gasteiger partial charge < -0.3 is 9.97 Å². The number of H-pyrrole nitrogens is 2. The zero-order chi connectivity index (χ0) is 13.4. The molecule has 0 saturated heterocycles. The Hall–Kier alpha value is -1.03. The molecule has 0 spiro atoms. The number of aromatic nitrogens is 2. The molecule has 0 amide bonds. The SMILES string of the molecule is O=c1[nH]c2ccc(C(Br)C3C4C5CCC(C5)C43)cc2[nH]1. The summed E-state index contributed by atoms with van der Waals surface area (Å²) >= 11 is 3.94. The Labute approximate surface area is 125 Å². The molecule has 5 rings (SSSR count). The van der Waals surface area contributed by atoms with Crippen molar-refractivity contribution in [2.45, 2.75) is 24.1 Å². The minimum absolute atomic E-state index is 0.121. The average Bonchev–Trinajstić information content (AvgIpc) is 2.76. The van der Waals surface area contributed by atoms with Gasteiger partial charge in [-0.25, -0.2) is 4.79 Å². The highest BCUT2D eigenvalue weighted by atomic mass is 79.9. The average molecular weight is 333 g/mol. The molecule has 0 aliphatic heterocycles. The van der Waals surface area contributed by atoms with Crippen LogP contribution in [-0.4, -0.2) is 9.97 Å². The van der Waals surface area contributed by atoms with Gasteiger partial charge in [-0.1, -0.05) is 22.0 Å². The van der Waals surface area contributed by atoms with Crippen molar-refractivity contribution in [3.8, 4) is 0 Å². The Balaban J connectivity index is 1.48. The van der Waals surface area contributed by atoms with Gasteiger partial charge in [-0.3, -0.25) is 0 Å². The third-order valence-corrected chi connectivity index (χ3v) is 7.13. The Bertz CT molecular complexity index is 732. The van der Waals surface area contributed by atoms with Crippen LogP contribution in [-0.2, 0) is 0 Å². The Morgan fingerprint density at radius 3 is 2.55 bits per heavy atom. The van der Waals surface area contributed by atoms with E-state index in [0.717, 1.165) is 40.6 Å². The summed E-state index contributed by atoms with van der Waals surface area (Å²) in [6.07, 6.45) is 4.42. The lowest BCUT2D eigenvalue weighted by Gasteiger charge is -2.15. The highest BCUT2D eigenvalue weighted by molar-refractivity contribution is 9.09. The number of hydrogen-bond donors (Lipinski definition) is 2. The van der Waals surface area contributed by atoms with E-state index in [0.29, 0.717) is 4.83 Å². The fraction of sp³-hybridized carbons (Fsp3) is 0.562. The molecule has 104 valence electrons. The van der Waals surface area contributed by atoms with Crippen LogP contribution in [0, 0.1) is 29.6 Å². The normalized spacial score (nSPS) is 39.1. The van der Waals surface area contributed by atoms with Crippen LogP contribution >= 0.6 is 15.9 Å². The summed E-state index contributed by atoms with van der Waals surface area (Å²) in [5, 5.41) is 0. The summed E-state index contributed by atoms with van der Waals surface area (Å²) in [6, 6.07) is 6.30. The van der Waals surface area contributed by atoms with Crippen molar-refractivity contribution in [2.75, 3.05) is 0 Å². The van der Waals surface area contributed by atoms with Crippen LogP contribution in [0.15, 0.2) is 23.0 Å². The molecule has 20 heavy (non-hydrogen) atoms. The van der Waals surface area contributed by atoms with E-state index in [1.54, 1.807) is 0 Å². The molecule has 1 aromatic carbocycles. The molecule has 3 aliphatic rings. The van der Waals surface area contributed by atoms with E-state index >= 15 is 0 Å². The van der Waals surface area contributed by atoms with Gasteiger partial charge in [-0.2, -0.15) is 0 Å². The smallest absolute Gasteiger partial charge is 0.306 e. The maximum absolute atomic E-state index is 11.3. The van der Waals surface area contributed by atoms with Crippen molar-refractivity contribution in [3.05, 3.63) is 34.2 Å². The largest absolute Gasteiger partial charge is 0.323 e. The first-order valence-corrected chi connectivity index (χ1v) is 8.50. The minimum atomic E-state index is -0.121. The standard InChI is InChI=1S/C16H17BrN2O/c17-15(14-12-7-1-2-8(5-7)13(12)14)9-3-4-10-11(6-9)19-16(20)18-10/h3-4,6-8,12-15H,1-2,5H2,(H2,18,19,20). The molecule has 2 bridgehead atoms. The van der Waals surface area contributed by atoms with Crippen LogP contribution < -0.4 is 5.69 Å². The molecular weight excluding hydrogens is 316 g/mol. The summed E-state index contributed by atoms with van der Waals surface area (Å²) in [4.78, 5) is 17.5.